The smallest absolute Gasteiger partial charge is 0.287 e. The van der Waals surface area contributed by atoms with Crippen molar-refractivity contribution in [1.82, 2.24) is 5.32 Å². The summed E-state index contributed by atoms with van der Waals surface area (Å²) in [6, 6.07) is 9.78. The lowest BCUT2D eigenvalue weighted by Gasteiger charge is -2.27. The van der Waals surface area contributed by atoms with Crippen LogP contribution in [0.3, 0.4) is 0 Å². The maximum absolute atomic E-state index is 11.8. The first kappa shape index (κ1) is 12.8. The van der Waals surface area contributed by atoms with Crippen LogP contribution in [0.25, 0.3) is 0 Å². The molecule has 20 heavy (non-hydrogen) atoms. The molecule has 4 heteroatoms. The van der Waals surface area contributed by atoms with Gasteiger partial charge in [0.05, 0.1) is 6.26 Å². The molecule has 1 N–H and O–H groups in total. The minimum atomic E-state index is -0.176. The number of hydrogen-bond donors (Lipinski definition) is 1. The highest BCUT2D eigenvalue weighted by Crippen LogP contribution is 2.26. The number of furan rings is 1. The molecule has 0 spiro atoms. The molecule has 2 aromatic rings. The van der Waals surface area contributed by atoms with Gasteiger partial charge in [-0.1, -0.05) is 12.1 Å². The van der Waals surface area contributed by atoms with Crippen molar-refractivity contribution in [3.8, 4) is 0 Å². The summed E-state index contributed by atoms with van der Waals surface area (Å²) in [4.78, 5) is 14.1. The van der Waals surface area contributed by atoms with E-state index in [0.29, 0.717) is 12.3 Å². The standard InChI is InChI=1S/C16H18N2O2/c1-18-8-2-4-13-10-12(6-7-14(13)18)11-17-16(19)15-5-3-9-20-15/h3,5-7,9-10H,2,4,8,11H2,1H3,(H,17,19). The third-order valence-electron chi connectivity index (χ3n) is 3.69. The van der Waals surface area contributed by atoms with Crippen LogP contribution < -0.4 is 10.2 Å². The van der Waals surface area contributed by atoms with E-state index < -0.39 is 0 Å². The van der Waals surface area contributed by atoms with Gasteiger partial charge in [0.1, 0.15) is 0 Å². The van der Waals surface area contributed by atoms with Gasteiger partial charge in [-0.05, 0) is 42.2 Å². The van der Waals surface area contributed by atoms with Crippen molar-refractivity contribution >= 4 is 11.6 Å². The van der Waals surface area contributed by atoms with Crippen LogP contribution in [0.4, 0.5) is 5.69 Å². The lowest BCUT2D eigenvalue weighted by Crippen LogP contribution is -2.25. The topological polar surface area (TPSA) is 45.5 Å². The molecule has 104 valence electrons. The van der Waals surface area contributed by atoms with E-state index in [2.05, 4.69) is 35.5 Å². The third kappa shape index (κ3) is 2.54. The molecule has 0 aliphatic carbocycles. The van der Waals surface area contributed by atoms with Gasteiger partial charge in [0.25, 0.3) is 5.91 Å². The van der Waals surface area contributed by atoms with Crippen molar-refractivity contribution in [2.24, 2.45) is 0 Å². The predicted molar refractivity (Wildman–Crippen MR) is 77.9 cm³/mol. The van der Waals surface area contributed by atoms with Crippen molar-refractivity contribution in [3.63, 3.8) is 0 Å². The summed E-state index contributed by atoms with van der Waals surface area (Å²) in [5, 5.41) is 2.87. The highest BCUT2D eigenvalue weighted by atomic mass is 16.3. The van der Waals surface area contributed by atoms with Crippen molar-refractivity contribution < 1.29 is 9.21 Å². The quantitative estimate of drug-likeness (QED) is 0.932. The van der Waals surface area contributed by atoms with Crippen molar-refractivity contribution in [3.05, 3.63) is 53.5 Å². The van der Waals surface area contributed by atoms with Gasteiger partial charge >= 0.3 is 0 Å². The van der Waals surface area contributed by atoms with Gasteiger partial charge in [0.2, 0.25) is 0 Å². The average molecular weight is 270 g/mol. The van der Waals surface area contributed by atoms with E-state index in [4.69, 9.17) is 4.42 Å². The van der Waals surface area contributed by atoms with Gasteiger partial charge in [0, 0.05) is 25.8 Å². The minimum absolute atomic E-state index is 0.176. The van der Waals surface area contributed by atoms with Gasteiger partial charge < -0.3 is 14.6 Å². The fourth-order valence-electron chi connectivity index (χ4n) is 2.63. The fraction of sp³-hybridized carbons (Fsp3) is 0.312. The van der Waals surface area contributed by atoms with E-state index in [9.17, 15) is 4.79 Å². The first-order chi connectivity index (χ1) is 9.74. The molecule has 1 aromatic heterocycles. The summed E-state index contributed by atoms with van der Waals surface area (Å²) in [6.45, 7) is 1.64. The van der Waals surface area contributed by atoms with E-state index >= 15 is 0 Å². The number of hydrogen-bond acceptors (Lipinski definition) is 3. The number of nitrogens with zero attached hydrogens (tertiary/aromatic N) is 1. The van der Waals surface area contributed by atoms with Gasteiger partial charge in [0.15, 0.2) is 5.76 Å². The number of rotatable bonds is 3. The third-order valence-corrected chi connectivity index (χ3v) is 3.69. The molecule has 0 radical (unpaired) electrons. The van der Waals surface area contributed by atoms with Crippen LogP contribution in [0, 0.1) is 0 Å². The number of carbonyl (C=O) groups is 1. The zero-order chi connectivity index (χ0) is 13.9. The summed E-state index contributed by atoms with van der Waals surface area (Å²) in [5.74, 6) is 0.174. The molecular formula is C16H18N2O2. The highest BCUT2D eigenvalue weighted by Gasteiger charge is 2.14. The number of aryl methyl sites for hydroxylation is 1. The second kappa shape index (κ2) is 5.41. The number of carbonyl (C=O) groups excluding carboxylic acids is 1. The molecule has 1 aromatic carbocycles. The Kier molecular flexibility index (Phi) is 3.46. The van der Waals surface area contributed by atoms with Crippen LogP contribution in [0.15, 0.2) is 41.0 Å². The Hall–Kier alpha value is -2.23. The molecule has 1 aliphatic rings. The number of benzene rings is 1. The Morgan fingerprint density at radius 3 is 3.10 bits per heavy atom. The summed E-state index contributed by atoms with van der Waals surface area (Å²) in [7, 11) is 2.12. The molecule has 0 unspecified atom stereocenters. The summed E-state index contributed by atoms with van der Waals surface area (Å²) in [5.41, 5.74) is 3.79. The van der Waals surface area contributed by atoms with Gasteiger partial charge in [-0.3, -0.25) is 4.79 Å². The van der Waals surface area contributed by atoms with Crippen LogP contribution in [0.1, 0.15) is 28.1 Å². The molecular weight excluding hydrogens is 252 g/mol. The maximum Gasteiger partial charge on any atom is 0.287 e. The summed E-state index contributed by atoms with van der Waals surface area (Å²) < 4.78 is 5.07. The van der Waals surface area contributed by atoms with E-state index in [1.54, 1.807) is 12.1 Å². The number of fused-ring (bicyclic) bond motifs is 1. The lowest BCUT2D eigenvalue weighted by atomic mass is 9.99. The van der Waals surface area contributed by atoms with Gasteiger partial charge in [-0.15, -0.1) is 0 Å². The highest BCUT2D eigenvalue weighted by molar-refractivity contribution is 5.91. The summed E-state index contributed by atoms with van der Waals surface area (Å²) in [6.07, 6.45) is 3.80. The van der Waals surface area contributed by atoms with E-state index in [0.717, 1.165) is 18.5 Å². The van der Waals surface area contributed by atoms with Crippen LogP contribution in [0.5, 0.6) is 0 Å². The zero-order valence-corrected chi connectivity index (χ0v) is 11.6. The Bertz CT molecular complexity index is 605. The molecule has 0 saturated carbocycles. The minimum Gasteiger partial charge on any atom is -0.459 e. The largest absolute Gasteiger partial charge is 0.459 e. The van der Waals surface area contributed by atoms with Crippen LogP contribution in [0.2, 0.25) is 0 Å². The molecule has 2 heterocycles. The molecule has 1 aliphatic heterocycles. The van der Waals surface area contributed by atoms with Crippen LogP contribution in [-0.2, 0) is 13.0 Å². The fourth-order valence-corrected chi connectivity index (χ4v) is 2.63. The number of nitrogens with one attached hydrogen (secondary N) is 1. The average Bonchev–Trinajstić information content (AvgIpc) is 2.99. The molecule has 1 amide bonds. The van der Waals surface area contributed by atoms with E-state index in [-0.39, 0.29) is 5.91 Å². The van der Waals surface area contributed by atoms with E-state index in [1.165, 1.54) is 23.9 Å². The van der Waals surface area contributed by atoms with Crippen LogP contribution in [-0.4, -0.2) is 19.5 Å². The normalized spacial score (nSPS) is 13.9. The van der Waals surface area contributed by atoms with Gasteiger partial charge in [-0.25, -0.2) is 0 Å². The summed E-state index contributed by atoms with van der Waals surface area (Å²) >= 11 is 0. The second-order valence-corrected chi connectivity index (χ2v) is 5.15. The van der Waals surface area contributed by atoms with Crippen LogP contribution >= 0.6 is 0 Å². The number of anilines is 1. The first-order valence-electron chi connectivity index (χ1n) is 6.89. The second-order valence-electron chi connectivity index (χ2n) is 5.15. The Morgan fingerprint density at radius 2 is 2.30 bits per heavy atom. The molecule has 3 rings (SSSR count). The number of amides is 1. The van der Waals surface area contributed by atoms with E-state index in [1.807, 2.05) is 0 Å². The van der Waals surface area contributed by atoms with Crippen molar-refractivity contribution in [2.45, 2.75) is 19.4 Å². The van der Waals surface area contributed by atoms with Gasteiger partial charge in [-0.2, -0.15) is 0 Å². The Balaban J connectivity index is 1.68. The molecule has 0 saturated heterocycles. The molecule has 4 nitrogen and oxygen atoms in total. The van der Waals surface area contributed by atoms with Crippen molar-refractivity contribution in [2.75, 3.05) is 18.5 Å². The predicted octanol–water partition coefficient (Wildman–Crippen LogP) is 2.59. The Labute approximate surface area is 118 Å². The van der Waals surface area contributed by atoms with Crippen molar-refractivity contribution in [1.29, 1.82) is 0 Å². The molecule has 0 atom stereocenters. The maximum atomic E-state index is 11.8. The molecule has 0 fully saturated rings. The SMILES string of the molecule is CN1CCCc2cc(CNC(=O)c3ccco3)ccc21. The first-order valence-corrected chi connectivity index (χ1v) is 6.89. The molecule has 0 bridgehead atoms. The zero-order valence-electron chi connectivity index (χ0n) is 11.6. The Morgan fingerprint density at radius 1 is 1.40 bits per heavy atom. The monoisotopic (exact) mass is 270 g/mol. The lowest BCUT2D eigenvalue weighted by molar-refractivity contribution is 0.0923.